The minimum absolute atomic E-state index is 0.809. The number of pyridine rings is 1. The van der Waals surface area contributed by atoms with E-state index in [1.807, 2.05) is 12.1 Å². The average Bonchev–Trinajstić information content (AvgIpc) is 1.90. The highest BCUT2D eigenvalue weighted by Crippen LogP contribution is 2.03. The van der Waals surface area contributed by atoms with E-state index < -0.39 is 0 Å². The van der Waals surface area contributed by atoms with E-state index in [-0.39, 0.29) is 0 Å². The van der Waals surface area contributed by atoms with Gasteiger partial charge in [0.05, 0.1) is 0 Å². The van der Waals surface area contributed by atoms with Gasteiger partial charge in [-0.3, -0.25) is 4.98 Å². The minimum atomic E-state index is 0.809. The fraction of sp³-hybridized carbons (Fsp3) is 0. The van der Waals surface area contributed by atoms with Crippen molar-refractivity contribution in [2.45, 2.75) is 4.90 Å². The lowest BCUT2D eigenvalue weighted by Gasteiger charge is -1.85. The Hall–Kier alpha value is -0.630. The molecule has 0 amide bonds. The van der Waals surface area contributed by atoms with E-state index in [9.17, 15) is 0 Å². The summed E-state index contributed by atoms with van der Waals surface area (Å²) in [5.74, 6) is 5.29. The summed E-state index contributed by atoms with van der Waals surface area (Å²) in [6.07, 6.45) is 3.46. The van der Waals surface area contributed by atoms with Crippen molar-refractivity contribution in [1.82, 2.24) is 4.98 Å². The number of aromatic nitrogens is 1. The molecule has 0 fully saturated rings. The van der Waals surface area contributed by atoms with Crippen molar-refractivity contribution in [3.63, 3.8) is 0 Å². The molecule has 0 bridgehead atoms. The van der Waals surface area contributed by atoms with E-state index in [0.717, 1.165) is 16.2 Å². The second kappa shape index (κ2) is 2.62. The SMILES string of the molecule is [CH]=[SH]c1ccncc1. The molecule has 8 heavy (non-hydrogen) atoms. The summed E-state index contributed by atoms with van der Waals surface area (Å²) in [4.78, 5) is 4.93. The molecular weight excluding hydrogens is 118 g/mol. The predicted octanol–water partition coefficient (Wildman–Crippen LogP) is 1.22. The zero-order chi connectivity index (χ0) is 5.82. The zero-order valence-corrected chi connectivity index (χ0v) is 5.18. The fourth-order valence-electron chi connectivity index (χ4n) is 0.430. The summed E-state index contributed by atoms with van der Waals surface area (Å²) in [5.41, 5.74) is 0. The van der Waals surface area contributed by atoms with E-state index in [0.29, 0.717) is 0 Å². The Bertz CT molecular complexity index is 171. The van der Waals surface area contributed by atoms with Gasteiger partial charge in [0, 0.05) is 17.3 Å². The molecule has 1 aromatic heterocycles. The second-order valence-electron chi connectivity index (χ2n) is 1.33. The van der Waals surface area contributed by atoms with E-state index in [1.165, 1.54) is 0 Å². The first kappa shape index (κ1) is 5.51. The van der Waals surface area contributed by atoms with Crippen LogP contribution in [0.3, 0.4) is 0 Å². The smallest absolute Gasteiger partial charge is 0.0278 e. The fourth-order valence-corrected chi connectivity index (χ4v) is 0.736. The molecule has 0 aliphatic rings. The van der Waals surface area contributed by atoms with Crippen molar-refractivity contribution in [2.24, 2.45) is 0 Å². The molecule has 0 saturated heterocycles. The Kier molecular flexibility index (Phi) is 1.80. The third-order valence-electron chi connectivity index (χ3n) is 0.812. The van der Waals surface area contributed by atoms with Gasteiger partial charge in [-0.15, -0.1) is 0 Å². The third-order valence-corrected chi connectivity index (χ3v) is 1.41. The van der Waals surface area contributed by atoms with Crippen LogP contribution in [0, 0.1) is 0 Å². The normalized spacial score (nSPS) is 9.00. The monoisotopic (exact) mass is 124 g/mol. The maximum absolute atomic E-state index is 5.29. The summed E-state index contributed by atoms with van der Waals surface area (Å²) < 4.78 is 0. The van der Waals surface area contributed by atoms with Crippen LogP contribution in [-0.2, 0) is 0 Å². The molecule has 1 heterocycles. The third kappa shape index (κ3) is 1.17. The lowest BCUT2D eigenvalue weighted by atomic mass is 10.5. The molecule has 0 aliphatic carbocycles. The Labute approximate surface area is 52.3 Å². The van der Waals surface area contributed by atoms with Gasteiger partial charge in [-0.1, -0.05) is 0 Å². The Morgan fingerprint density at radius 2 is 2.00 bits per heavy atom. The highest BCUT2D eigenvalue weighted by Gasteiger charge is 1.76. The molecule has 2 heteroatoms. The van der Waals surface area contributed by atoms with Crippen LogP contribution in [0.5, 0.6) is 0 Å². The molecule has 0 saturated carbocycles. The number of hydrogen-bond acceptors (Lipinski definition) is 1. The van der Waals surface area contributed by atoms with Crippen LogP contribution < -0.4 is 0 Å². The van der Waals surface area contributed by atoms with Gasteiger partial charge in [0.15, 0.2) is 0 Å². The predicted molar refractivity (Wildman–Crippen MR) is 37.6 cm³/mol. The molecule has 0 N–H and O–H groups in total. The van der Waals surface area contributed by atoms with Crippen LogP contribution in [0.15, 0.2) is 29.4 Å². The van der Waals surface area contributed by atoms with Crippen LogP contribution in [0.1, 0.15) is 0 Å². The molecule has 0 unspecified atom stereocenters. The molecule has 0 aromatic carbocycles. The first-order valence-electron chi connectivity index (χ1n) is 2.24. The number of rotatable bonds is 1. The van der Waals surface area contributed by atoms with E-state index in [2.05, 4.69) is 4.98 Å². The lowest BCUT2D eigenvalue weighted by Crippen LogP contribution is -1.66. The summed E-state index contributed by atoms with van der Waals surface area (Å²) in [6.45, 7) is 0. The highest BCUT2D eigenvalue weighted by atomic mass is 32.1. The topological polar surface area (TPSA) is 12.9 Å². The quantitative estimate of drug-likeness (QED) is 0.438. The zero-order valence-electron chi connectivity index (χ0n) is 4.28. The van der Waals surface area contributed by atoms with Crippen LogP contribution in [-0.4, -0.2) is 10.9 Å². The molecule has 1 aromatic rings. The summed E-state index contributed by atoms with van der Waals surface area (Å²) in [7, 11) is 0. The second-order valence-corrected chi connectivity index (χ2v) is 2.11. The molecule has 0 spiro atoms. The maximum atomic E-state index is 5.29. The standard InChI is InChI=1S/C6H6NS/c1-8-6-2-4-7-5-3-6/h1-5,8H. The van der Waals surface area contributed by atoms with Crippen molar-refractivity contribution < 1.29 is 0 Å². The summed E-state index contributed by atoms with van der Waals surface area (Å²) >= 11 is 0.809. The van der Waals surface area contributed by atoms with Crippen molar-refractivity contribution in [3.8, 4) is 0 Å². The van der Waals surface area contributed by atoms with Gasteiger partial charge in [0.25, 0.3) is 0 Å². The van der Waals surface area contributed by atoms with Gasteiger partial charge in [0.1, 0.15) is 0 Å². The van der Waals surface area contributed by atoms with Gasteiger partial charge < -0.3 is 0 Å². The lowest BCUT2D eigenvalue weighted by molar-refractivity contribution is 1.27. The van der Waals surface area contributed by atoms with E-state index >= 15 is 0 Å². The van der Waals surface area contributed by atoms with Crippen molar-refractivity contribution in [1.29, 1.82) is 0 Å². The van der Waals surface area contributed by atoms with Crippen molar-refractivity contribution >= 4 is 17.2 Å². The Balaban J connectivity index is 2.99. The first-order chi connectivity index (χ1) is 3.93. The van der Waals surface area contributed by atoms with Gasteiger partial charge in [-0.25, -0.2) is 0 Å². The largest absolute Gasteiger partial charge is 0.265 e. The van der Waals surface area contributed by atoms with Crippen LogP contribution in [0.25, 0.3) is 0 Å². The maximum Gasteiger partial charge on any atom is 0.0278 e. The van der Waals surface area contributed by atoms with Gasteiger partial charge >= 0.3 is 0 Å². The van der Waals surface area contributed by atoms with Gasteiger partial charge in [-0.05, 0) is 18.0 Å². The first-order valence-corrected chi connectivity index (χ1v) is 3.21. The summed E-state index contributed by atoms with van der Waals surface area (Å²) in [5, 5.41) is 0. The molecule has 1 nitrogen and oxygen atoms in total. The Morgan fingerprint density at radius 3 is 2.38 bits per heavy atom. The molecular formula is C6H6NS. The number of thiol groups is 1. The molecule has 1 rings (SSSR count). The van der Waals surface area contributed by atoms with Crippen LogP contribution >= 0.6 is 11.4 Å². The van der Waals surface area contributed by atoms with E-state index in [1.54, 1.807) is 12.4 Å². The molecule has 0 atom stereocenters. The van der Waals surface area contributed by atoms with Crippen molar-refractivity contribution in [2.75, 3.05) is 0 Å². The van der Waals surface area contributed by atoms with Crippen LogP contribution in [0.4, 0.5) is 0 Å². The van der Waals surface area contributed by atoms with E-state index in [4.69, 9.17) is 5.87 Å². The minimum Gasteiger partial charge on any atom is -0.265 e. The molecule has 41 valence electrons. The summed E-state index contributed by atoms with van der Waals surface area (Å²) in [6, 6.07) is 3.78. The van der Waals surface area contributed by atoms with Crippen LogP contribution in [0.2, 0.25) is 0 Å². The highest BCUT2D eigenvalue weighted by molar-refractivity contribution is 7.96. The molecule has 1 radical (unpaired) electrons. The van der Waals surface area contributed by atoms with Gasteiger partial charge in [-0.2, -0.15) is 11.4 Å². The molecule has 0 aliphatic heterocycles. The Morgan fingerprint density at radius 1 is 1.38 bits per heavy atom. The number of nitrogens with zero attached hydrogens (tertiary/aromatic N) is 1. The van der Waals surface area contributed by atoms with Crippen molar-refractivity contribution in [3.05, 3.63) is 24.5 Å². The van der Waals surface area contributed by atoms with Gasteiger partial charge in [0.2, 0.25) is 0 Å². The average molecular weight is 124 g/mol. The number of hydrogen-bond donors (Lipinski definition) is 1.